The highest BCUT2D eigenvalue weighted by molar-refractivity contribution is 5.84. The van der Waals surface area contributed by atoms with Gasteiger partial charge >= 0.3 is 6.09 Å². The number of alkyl carbamates (subject to hydrolysis) is 1. The number of hydrogen-bond acceptors (Lipinski definition) is 7. The average Bonchev–Trinajstić information content (AvgIpc) is 3.28. The first-order valence-corrected chi connectivity index (χ1v) is 12.0. The van der Waals surface area contributed by atoms with Gasteiger partial charge in [-0.3, -0.25) is 14.9 Å². The summed E-state index contributed by atoms with van der Waals surface area (Å²) >= 11 is 0. The zero-order valence-corrected chi connectivity index (χ0v) is 19.6. The Kier molecular flexibility index (Phi) is 6.16. The lowest BCUT2D eigenvalue weighted by atomic mass is 10.0. The van der Waals surface area contributed by atoms with E-state index in [9.17, 15) is 9.59 Å². The molecule has 0 aromatic carbocycles. The molecule has 34 heavy (non-hydrogen) atoms. The van der Waals surface area contributed by atoms with Crippen LogP contribution < -0.4 is 10.6 Å². The second-order valence-electron chi connectivity index (χ2n) is 9.90. The van der Waals surface area contributed by atoms with Crippen molar-refractivity contribution in [3.05, 3.63) is 41.9 Å². The first-order chi connectivity index (χ1) is 16.4. The molecule has 2 aromatic rings. The van der Waals surface area contributed by atoms with Gasteiger partial charge in [0, 0.05) is 49.4 Å². The Morgan fingerprint density at radius 3 is 3.00 bits per heavy atom. The molecular weight excluding hydrogens is 436 g/mol. The number of anilines is 1. The van der Waals surface area contributed by atoms with Gasteiger partial charge in [0.2, 0.25) is 5.91 Å². The van der Waals surface area contributed by atoms with Crippen molar-refractivity contribution >= 4 is 17.8 Å². The monoisotopic (exact) mass is 468 g/mol. The van der Waals surface area contributed by atoms with Gasteiger partial charge in [-0.2, -0.15) is 5.10 Å². The van der Waals surface area contributed by atoms with Crippen LogP contribution in [0.5, 0.6) is 0 Å². The van der Waals surface area contributed by atoms with E-state index in [4.69, 9.17) is 9.47 Å². The van der Waals surface area contributed by atoms with E-state index in [1.54, 1.807) is 6.20 Å². The molecule has 2 aliphatic heterocycles. The van der Waals surface area contributed by atoms with Gasteiger partial charge in [0.25, 0.3) is 0 Å². The number of nitrogens with one attached hydrogen (secondary N) is 3. The number of amides is 2. The molecule has 3 fully saturated rings. The molecule has 3 aliphatic rings. The number of ether oxygens (including phenoxy) is 2. The van der Waals surface area contributed by atoms with E-state index < -0.39 is 6.04 Å². The van der Waals surface area contributed by atoms with Crippen molar-refractivity contribution in [2.24, 2.45) is 0 Å². The fourth-order valence-corrected chi connectivity index (χ4v) is 4.62. The number of likely N-dealkylation sites (tertiary alicyclic amines) is 1. The maximum atomic E-state index is 13.0. The summed E-state index contributed by atoms with van der Waals surface area (Å²) in [6, 6.07) is 5.45. The molecule has 5 rings (SSSR count). The van der Waals surface area contributed by atoms with Crippen molar-refractivity contribution < 1.29 is 19.1 Å². The number of aromatic nitrogens is 3. The van der Waals surface area contributed by atoms with Crippen LogP contribution >= 0.6 is 0 Å². The predicted octanol–water partition coefficient (Wildman–Crippen LogP) is 2.73. The minimum Gasteiger partial charge on any atom is -0.444 e. The average molecular weight is 469 g/mol. The Balaban J connectivity index is 1.10. The highest BCUT2D eigenvalue weighted by Gasteiger charge is 2.40. The van der Waals surface area contributed by atoms with Gasteiger partial charge in [0.1, 0.15) is 24.1 Å². The summed E-state index contributed by atoms with van der Waals surface area (Å²) in [6.07, 6.45) is 6.20. The lowest BCUT2D eigenvalue weighted by Gasteiger charge is -2.21. The lowest BCUT2D eigenvalue weighted by Crippen LogP contribution is -2.40. The molecular formula is C24H32N6O4. The number of carbonyl (C=O) groups excluding carboxylic acids is 2. The van der Waals surface area contributed by atoms with E-state index in [1.165, 1.54) is 5.56 Å². The third kappa shape index (κ3) is 5.16. The molecule has 2 amide bonds. The standard InChI is InChI=1S/C24H32N6O4/c1-15(22(31)30-9-5-17(13-30)16-4-3-8-25-12-16)26-21-11-19(28-29-21)20-10-18(14-33-20)34-23(32)27-24(2)6-7-24/h3-4,8,11-12,15,17-18,20H,5-7,9-10,13-14H2,1-2H3,(H,27,32)(H2,26,28,29)/t15-,17+,18-,20-/m0/s1. The second-order valence-corrected chi connectivity index (χ2v) is 9.90. The molecule has 2 aromatic heterocycles. The molecule has 0 unspecified atom stereocenters. The SMILES string of the molecule is C[C@H](Nc1cc([C@@H]2C[C@H](OC(=O)NC3(C)CC3)CO2)[nH]n1)C(=O)N1CC[C@@H](c2cccnc2)C1. The highest BCUT2D eigenvalue weighted by atomic mass is 16.6. The van der Waals surface area contributed by atoms with E-state index in [0.29, 0.717) is 31.3 Å². The Bertz CT molecular complexity index is 1020. The summed E-state index contributed by atoms with van der Waals surface area (Å²) in [5.74, 6) is 0.967. The summed E-state index contributed by atoms with van der Waals surface area (Å²) in [7, 11) is 0. The molecule has 10 heteroatoms. The Morgan fingerprint density at radius 2 is 2.24 bits per heavy atom. The van der Waals surface area contributed by atoms with E-state index >= 15 is 0 Å². The van der Waals surface area contributed by atoms with Crippen LogP contribution in [0, 0.1) is 0 Å². The fraction of sp³-hybridized carbons (Fsp3) is 0.583. The van der Waals surface area contributed by atoms with Gasteiger partial charge in [-0.25, -0.2) is 4.79 Å². The molecule has 1 aliphatic carbocycles. The molecule has 4 atom stereocenters. The largest absolute Gasteiger partial charge is 0.444 e. The number of nitrogens with zero attached hydrogens (tertiary/aromatic N) is 3. The molecule has 0 bridgehead atoms. The molecule has 4 heterocycles. The first-order valence-electron chi connectivity index (χ1n) is 12.0. The number of H-pyrrole nitrogens is 1. The summed E-state index contributed by atoms with van der Waals surface area (Å²) in [4.78, 5) is 31.1. The number of hydrogen-bond donors (Lipinski definition) is 3. The van der Waals surface area contributed by atoms with E-state index in [0.717, 1.165) is 31.5 Å². The molecule has 0 spiro atoms. The van der Waals surface area contributed by atoms with Crippen molar-refractivity contribution in [1.29, 1.82) is 0 Å². The Morgan fingerprint density at radius 1 is 1.38 bits per heavy atom. The first kappa shape index (κ1) is 22.6. The maximum absolute atomic E-state index is 13.0. The lowest BCUT2D eigenvalue weighted by molar-refractivity contribution is -0.130. The summed E-state index contributed by atoms with van der Waals surface area (Å²) < 4.78 is 11.3. The smallest absolute Gasteiger partial charge is 0.407 e. The van der Waals surface area contributed by atoms with Gasteiger partial charge in [0.05, 0.1) is 12.3 Å². The van der Waals surface area contributed by atoms with Crippen LogP contribution in [0.15, 0.2) is 30.6 Å². The second kappa shape index (κ2) is 9.25. The molecule has 2 saturated heterocycles. The van der Waals surface area contributed by atoms with Crippen molar-refractivity contribution in [3.8, 4) is 0 Å². The van der Waals surface area contributed by atoms with Crippen molar-refractivity contribution in [2.45, 2.75) is 69.2 Å². The van der Waals surface area contributed by atoms with Crippen molar-refractivity contribution in [3.63, 3.8) is 0 Å². The van der Waals surface area contributed by atoms with Crippen LogP contribution in [0.2, 0.25) is 0 Å². The third-order valence-electron chi connectivity index (χ3n) is 6.97. The predicted molar refractivity (Wildman–Crippen MR) is 124 cm³/mol. The summed E-state index contributed by atoms with van der Waals surface area (Å²) in [5.41, 5.74) is 1.86. The molecule has 0 radical (unpaired) electrons. The molecule has 10 nitrogen and oxygen atoms in total. The van der Waals surface area contributed by atoms with Crippen molar-refractivity contribution in [1.82, 2.24) is 25.4 Å². The topological polar surface area (TPSA) is 121 Å². The van der Waals surface area contributed by atoms with Crippen LogP contribution in [0.3, 0.4) is 0 Å². The fourth-order valence-electron chi connectivity index (χ4n) is 4.62. The summed E-state index contributed by atoms with van der Waals surface area (Å²) in [6.45, 7) is 5.64. The minimum absolute atomic E-state index is 0.0527. The Labute approximate surface area is 198 Å². The van der Waals surface area contributed by atoms with Crippen LogP contribution in [0.1, 0.15) is 62.8 Å². The van der Waals surface area contributed by atoms with Gasteiger partial charge in [-0.05, 0) is 44.7 Å². The van der Waals surface area contributed by atoms with Gasteiger partial charge in [-0.1, -0.05) is 6.07 Å². The molecule has 3 N–H and O–H groups in total. The van der Waals surface area contributed by atoms with E-state index in [1.807, 2.05) is 37.1 Å². The molecule has 182 valence electrons. The maximum Gasteiger partial charge on any atom is 0.407 e. The summed E-state index contributed by atoms with van der Waals surface area (Å²) in [5, 5.41) is 13.4. The zero-order chi connectivity index (χ0) is 23.7. The van der Waals surface area contributed by atoms with Gasteiger partial charge in [0.15, 0.2) is 0 Å². The van der Waals surface area contributed by atoms with Crippen molar-refractivity contribution in [2.75, 3.05) is 25.0 Å². The number of aromatic amines is 1. The Hall–Kier alpha value is -3.14. The quantitative estimate of drug-likeness (QED) is 0.571. The van der Waals surface area contributed by atoms with E-state index in [-0.39, 0.29) is 29.7 Å². The molecule has 1 saturated carbocycles. The van der Waals surface area contributed by atoms with Gasteiger partial charge in [-0.15, -0.1) is 0 Å². The number of carbonyl (C=O) groups is 2. The number of rotatable bonds is 7. The van der Waals surface area contributed by atoms with Crippen LogP contribution in [0.25, 0.3) is 0 Å². The highest BCUT2D eigenvalue weighted by Crippen LogP contribution is 2.35. The van der Waals surface area contributed by atoms with Crippen LogP contribution in [0.4, 0.5) is 10.6 Å². The van der Waals surface area contributed by atoms with Gasteiger partial charge < -0.3 is 25.0 Å². The zero-order valence-electron chi connectivity index (χ0n) is 19.6. The third-order valence-corrected chi connectivity index (χ3v) is 6.97. The van der Waals surface area contributed by atoms with Crippen LogP contribution in [-0.4, -0.2) is 69.5 Å². The van der Waals surface area contributed by atoms with Crippen LogP contribution in [-0.2, 0) is 14.3 Å². The number of pyridine rings is 1. The van der Waals surface area contributed by atoms with E-state index in [2.05, 4.69) is 31.9 Å². The normalized spacial score (nSPS) is 26.2. The minimum atomic E-state index is -0.406.